The molecule has 5 heteroatoms. The molecule has 0 fully saturated rings. The quantitative estimate of drug-likeness (QED) is 0.307. The van der Waals surface area contributed by atoms with Crippen LogP contribution in [0.3, 0.4) is 0 Å². The molecule has 1 atom stereocenters. The molecular formula is C20H36O4Si. The van der Waals surface area contributed by atoms with E-state index in [1.165, 1.54) is 44.9 Å². The van der Waals surface area contributed by atoms with E-state index in [0.29, 0.717) is 0 Å². The van der Waals surface area contributed by atoms with Gasteiger partial charge < -0.3 is 18.0 Å². The van der Waals surface area contributed by atoms with Crippen LogP contribution in [0.1, 0.15) is 64.7 Å². The summed E-state index contributed by atoms with van der Waals surface area (Å²) in [4.78, 5) is 0. The van der Waals surface area contributed by atoms with Crippen LogP contribution in [0.15, 0.2) is 30.3 Å². The van der Waals surface area contributed by atoms with Gasteiger partial charge in [0.2, 0.25) is 0 Å². The molecule has 0 N–H and O–H groups in total. The Hall–Kier alpha value is -0.883. The molecule has 0 saturated carbocycles. The highest BCUT2D eigenvalue weighted by Gasteiger charge is 2.49. The van der Waals surface area contributed by atoms with Crippen LogP contribution in [0.5, 0.6) is 5.75 Å². The minimum Gasteiger partial charge on any atom is -0.486 e. The van der Waals surface area contributed by atoms with Gasteiger partial charge >= 0.3 is 8.80 Å². The molecule has 0 aliphatic carbocycles. The van der Waals surface area contributed by atoms with Gasteiger partial charge in [0.15, 0.2) is 5.73 Å². The van der Waals surface area contributed by atoms with Gasteiger partial charge in [0.05, 0.1) is 0 Å². The molecule has 1 unspecified atom stereocenters. The Morgan fingerprint density at radius 1 is 0.760 bits per heavy atom. The summed E-state index contributed by atoms with van der Waals surface area (Å²) in [6.45, 7) is 2.25. The Morgan fingerprint density at radius 3 is 1.80 bits per heavy atom. The van der Waals surface area contributed by atoms with Crippen LogP contribution in [0.4, 0.5) is 0 Å². The molecule has 0 saturated heterocycles. The SMILES string of the molecule is CCCCCCCCCCC(Oc1ccccc1)[Si](OC)(OC)OC. The number of para-hydroxylation sites is 1. The smallest absolute Gasteiger partial charge is 0.486 e. The molecule has 0 spiro atoms. The van der Waals surface area contributed by atoms with Gasteiger partial charge in [-0.2, -0.15) is 0 Å². The lowest BCUT2D eigenvalue weighted by molar-refractivity contribution is 0.0640. The van der Waals surface area contributed by atoms with E-state index in [4.69, 9.17) is 18.0 Å². The molecule has 1 aromatic rings. The molecule has 0 heterocycles. The third-order valence-corrected chi connectivity index (χ3v) is 7.49. The Morgan fingerprint density at radius 2 is 1.28 bits per heavy atom. The molecule has 1 aromatic carbocycles. The largest absolute Gasteiger partial charge is 0.543 e. The molecular weight excluding hydrogens is 332 g/mol. The van der Waals surface area contributed by atoms with Gasteiger partial charge in [-0.25, -0.2) is 0 Å². The van der Waals surface area contributed by atoms with Crippen molar-refractivity contribution in [1.29, 1.82) is 0 Å². The van der Waals surface area contributed by atoms with E-state index >= 15 is 0 Å². The lowest BCUT2D eigenvalue weighted by atomic mass is 10.1. The van der Waals surface area contributed by atoms with Crippen molar-refractivity contribution in [2.24, 2.45) is 0 Å². The minimum absolute atomic E-state index is 0.185. The number of unbranched alkanes of at least 4 members (excludes halogenated alkanes) is 7. The predicted octanol–water partition coefficient (Wildman–Crippen LogP) is 5.38. The first-order chi connectivity index (χ1) is 12.2. The third-order valence-electron chi connectivity index (χ3n) is 4.59. The molecule has 0 bridgehead atoms. The topological polar surface area (TPSA) is 36.9 Å². The number of ether oxygens (including phenoxy) is 1. The number of hydrogen-bond donors (Lipinski definition) is 0. The number of benzene rings is 1. The Balaban J connectivity index is 2.51. The van der Waals surface area contributed by atoms with Gasteiger partial charge in [-0.05, 0) is 25.0 Å². The number of rotatable bonds is 15. The van der Waals surface area contributed by atoms with Crippen LogP contribution in [0, 0.1) is 0 Å². The Labute approximate surface area is 155 Å². The van der Waals surface area contributed by atoms with Gasteiger partial charge in [0.1, 0.15) is 5.75 Å². The zero-order valence-corrected chi connectivity index (χ0v) is 17.5. The second kappa shape index (κ2) is 13.3. The maximum atomic E-state index is 6.20. The minimum atomic E-state index is -2.84. The second-order valence-corrected chi connectivity index (χ2v) is 9.47. The molecule has 0 aliphatic heterocycles. The van der Waals surface area contributed by atoms with Gasteiger partial charge in [0.25, 0.3) is 0 Å². The maximum absolute atomic E-state index is 6.20. The van der Waals surface area contributed by atoms with Gasteiger partial charge in [-0.1, -0.05) is 70.1 Å². The third kappa shape index (κ3) is 7.90. The second-order valence-electron chi connectivity index (χ2n) is 6.40. The highest BCUT2D eigenvalue weighted by molar-refractivity contribution is 6.62. The summed E-state index contributed by atoms with van der Waals surface area (Å²) in [5.74, 6) is 0.829. The summed E-state index contributed by atoms with van der Waals surface area (Å²) < 4.78 is 23.2. The summed E-state index contributed by atoms with van der Waals surface area (Å²) in [6, 6.07) is 9.84. The molecule has 25 heavy (non-hydrogen) atoms. The fourth-order valence-electron chi connectivity index (χ4n) is 3.08. The van der Waals surface area contributed by atoms with E-state index in [2.05, 4.69) is 6.92 Å². The summed E-state index contributed by atoms with van der Waals surface area (Å²) in [6.07, 6.45) is 11.2. The van der Waals surface area contributed by atoms with E-state index in [1.807, 2.05) is 30.3 Å². The first-order valence-electron chi connectivity index (χ1n) is 9.59. The fraction of sp³-hybridized carbons (Fsp3) is 0.700. The lowest BCUT2D eigenvalue weighted by Gasteiger charge is -2.32. The van der Waals surface area contributed by atoms with Crippen molar-refractivity contribution in [2.45, 2.75) is 70.4 Å². The molecule has 0 amide bonds. The lowest BCUT2D eigenvalue weighted by Crippen LogP contribution is -2.57. The zero-order chi connectivity index (χ0) is 18.4. The van der Waals surface area contributed by atoms with Crippen molar-refractivity contribution in [3.8, 4) is 5.75 Å². The zero-order valence-electron chi connectivity index (χ0n) is 16.5. The van der Waals surface area contributed by atoms with Crippen molar-refractivity contribution in [3.63, 3.8) is 0 Å². The first kappa shape index (κ1) is 22.2. The number of hydrogen-bond acceptors (Lipinski definition) is 4. The van der Waals surface area contributed by atoms with Crippen LogP contribution >= 0.6 is 0 Å². The maximum Gasteiger partial charge on any atom is 0.543 e. The van der Waals surface area contributed by atoms with Crippen molar-refractivity contribution in [1.82, 2.24) is 0 Å². The Kier molecular flexibility index (Phi) is 11.8. The Bertz CT molecular complexity index is 415. The van der Waals surface area contributed by atoms with Crippen LogP contribution < -0.4 is 4.74 Å². The molecule has 4 nitrogen and oxygen atoms in total. The fourth-order valence-corrected chi connectivity index (χ4v) is 5.21. The van der Waals surface area contributed by atoms with Crippen molar-refractivity contribution < 1.29 is 18.0 Å². The highest BCUT2D eigenvalue weighted by atomic mass is 28.4. The van der Waals surface area contributed by atoms with E-state index in [-0.39, 0.29) is 5.73 Å². The van der Waals surface area contributed by atoms with E-state index in [9.17, 15) is 0 Å². The molecule has 1 rings (SSSR count). The van der Waals surface area contributed by atoms with E-state index in [1.54, 1.807) is 21.3 Å². The van der Waals surface area contributed by atoms with Crippen molar-refractivity contribution in [3.05, 3.63) is 30.3 Å². The van der Waals surface area contributed by atoms with Gasteiger partial charge in [-0.3, -0.25) is 0 Å². The molecule has 0 aromatic heterocycles. The van der Waals surface area contributed by atoms with E-state index in [0.717, 1.165) is 18.6 Å². The first-order valence-corrected chi connectivity index (χ1v) is 11.4. The molecule has 144 valence electrons. The average molecular weight is 369 g/mol. The normalized spacial score (nSPS) is 13.0. The molecule has 0 aliphatic rings. The van der Waals surface area contributed by atoms with Gasteiger partial charge in [0, 0.05) is 21.3 Å². The van der Waals surface area contributed by atoms with Gasteiger partial charge in [-0.15, -0.1) is 0 Å². The highest BCUT2D eigenvalue weighted by Crippen LogP contribution is 2.24. The standard InChI is InChI=1S/C20H36O4Si/c1-5-6-7-8-9-10-11-15-18-20(25(21-2,22-3)23-4)24-19-16-13-12-14-17-19/h12-14,16-17,20H,5-11,15,18H2,1-4H3. The summed E-state index contributed by atoms with van der Waals surface area (Å²) in [5.41, 5.74) is -0.185. The monoisotopic (exact) mass is 368 g/mol. The van der Waals surface area contributed by atoms with Crippen LogP contribution in [0.25, 0.3) is 0 Å². The molecule has 0 radical (unpaired) electrons. The van der Waals surface area contributed by atoms with Crippen LogP contribution in [-0.4, -0.2) is 35.9 Å². The van der Waals surface area contributed by atoms with Crippen molar-refractivity contribution >= 4 is 8.80 Å². The summed E-state index contributed by atoms with van der Waals surface area (Å²) in [5, 5.41) is 0. The summed E-state index contributed by atoms with van der Waals surface area (Å²) in [7, 11) is 2.10. The van der Waals surface area contributed by atoms with Crippen LogP contribution in [0.2, 0.25) is 0 Å². The van der Waals surface area contributed by atoms with E-state index < -0.39 is 8.80 Å². The average Bonchev–Trinajstić information content (AvgIpc) is 2.66. The summed E-state index contributed by atoms with van der Waals surface area (Å²) >= 11 is 0. The van der Waals surface area contributed by atoms with Crippen LogP contribution in [-0.2, 0) is 13.3 Å². The predicted molar refractivity (Wildman–Crippen MR) is 105 cm³/mol. The van der Waals surface area contributed by atoms with Crippen molar-refractivity contribution in [2.75, 3.05) is 21.3 Å².